The molecule has 1 aromatic heterocycles. The van der Waals surface area contributed by atoms with Gasteiger partial charge in [-0.1, -0.05) is 13.0 Å². The molecule has 0 aromatic carbocycles. The summed E-state index contributed by atoms with van der Waals surface area (Å²) in [5, 5.41) is 9.11. The highest BCUT2D eigenvalue weighted by atomic mass is 16.5. The van der Waals surface area contributed by atoms with Gasteiger partial charge in [-0.05, 0) is 12.6 Å². The van der Waals surface area contributed by atoms with Gasteiger partial charge in [0, 0.05) is 19.2 Å². The van der Waals surface area contributed by atoms with Gasteiger partial charge in [0.1, 0.15) is 5.69 Å². The number of carboxylic acid groups (broad SMARTS) is 1. The average Bonchev–Trinajstić information content (AvgIpc) is 2.41. The van der Waals surface area contributed by atoms with Crippen molar-refractivity contribution in [2.24, 2.45) is 0 Å². The van der Waals surface area contributed by atoms with E-state index in [2.05, 4.69) is 11.8 Å². The van der Waals surface area contributed by atoms with Crippen molar-refractivity contribution in [3.63, 3.8) is 0 Å². The fourth-order valence-corrected chi connectivity index (χ4v) is 2.28. The van der Waals surface area contributed by atoms with Crippen LogP contribution in [0, 0.1) is 0 Å². The van der Waals surface area contributed by atoms with Gasteiger partial charge in [-0.25, -0.2) is 4.79 Å². The first kappa shape index (κ1) is 13.8. The van der Waals surface area contributed by atoms with Crippen LogP contribution in [0.2, 0.25) is 0 Å². The van der Waals surface area contributed by atoms with Crippen LogP contribution in [0.25, 0.3) is 0 Å². The Labute approximate surface area is 111 Å². The van der Waals surface area contributed by atoms with E-state index in [1.165, 1.54) is 22.8 Å². The van der Waals surface area contributed by atoms with Gasteiger partial charge in [-0.2, -0.15) is 0 Å². The fourth-order valence-electron chi connectivity index (χ4n) is 2.28. The molecular formula is C13H18N2O4. The number of ether oxygens (including phenoxy) is 1. The summed E-state index contributed by atoms with van der Waals surface area (Å²) < 4.78 is 6.88. The number of nitrogens with zero attached hydrogens (tertiary/aromatic N) is 2. The minimum Gasteiger partial charge on any atom is -0.477 e. The molecule has 0 aliphatic carbocycles. The predicted octanol–water partition coefficient (Wildman–Crippen LogP) is 0.267. The summed E-state index contributed by atoms with van der Waals surface area (Å²) in [7, 11) is 0. The minimum absolute atomic E-state index is 0.00437. The topological polar surface area (TPSA) is 71.8 Å². The van der Waals surface area contributed by atoms with Gasteiger partial charge in [-0.15, -0.1) is 0 Å². The van der Waals surface area contributed by atoms with Gasteiger partial charge in [0.2, 0.25) is 0 Å². The molecule has 2 heterocycles. The lowest BCUT2D eigenvalue weighted by Gasteiger charge is -2.32. The second-order valence-electron chi connectivity index (χ2n) is 4.55. The molecule has 6 nitrogen and oxygen atoms in total. The summed E-state index contributed by atoms with van der Waals surface area (Å²) in [6.45, 7) is 5.48. The highest BCUT2D eigenvalue weighted by Gasteiger charge is 2.22. The quantitative estimate of drug-likeness (QED) is 0.846. The summed E-state index contributed by atoms with van der Waals surface area (Å²) >= 11 is 0. The molecule has 19 heavy (non-hydrogen) atoms. The van der Waals surface area contributed by atoms with Crippen molar-refractivity contribution in [2.45, 2.75) is 19.6 Å². The van der Waals surface area contributed by atoms with E-state index in [1.807, 2.05) is 0 Å². The van der Waals surface area contributed by atoms with Crippen LogP contribution in [-0.4, -0.2) is 52.9 Å². The number of carboxylic acids is 1. The molecule has 2 rings (SSSR count). The largest absolute Gasteiger partial charge is 0.477 e. The van der Waals surface area contributed by atoms with E-state index in [0.29, 0.717) is 6.61 Å². The zero-order valence-corrected chi connectivity index (χ0v) is 10.9. The first-order valence-corrected chi connectivity index (χ1v) is 6.39. The van der Waals surface area contributed by atoms with Crippen LogP contribution < -0.4 is 5.56 Å². The van der Waals surface area contributed by atoms with Crippen LogP contribution in [0.15, 0.2) is 23.0 Å². The minimum atomic E-state index is -1.10. The third-order valence-corrected chi connectivity index (χ3v) is 3.33. The molecule has 0 radical (unpaired) electrons. The lowest BCUT2D eigenvalue weighted by molar-refractivity contribution is -0.0350. The molecule has 1 fully saturated rings. The van der Waals surface area contributed by atoms with Gasteiger partial charge < -0.3 is 9.84 Å². The summed E-state index contributed by atoms with van der Waals surface area (Å²) in [5.74, 6) is -1.10. The van der Waals surface area contributed by atoms with Gasteiger partial charge in [0.05, 0.1) is 19.3 Å². The molecule has 1 N–H and O–H groups in total. The smallest absolute Gasteiger partial charge is 0.352 e. The Morgan fingerprint density at radius 3 is 3.00 bits per heavy atom. The Bertz CT molecular complexity index is 512. The van der Waals surface area contributed by atoms with Crippen molar-refractivity contribution >= 4 is 5.97 Å². The van der Waals surface area contributed by atoms with Crippen molar-refractivity contribution in [3.8, 4) is 0 Å². The first-order valence-electron chi connectivity index (χ1n) is 6.39. The van der Waals surface area contributed by atoms with Crippen molar-refractivity contribution in [2.75, 3.05) is 26.2 Å². The number of aromatic nitrogens is 1. The summed E-state index contributed by atoms with van der Waals surface area (Å²) in [4.78, 5) is 25.1. The number of hydrogen-bond donors (Lipinski definition) is 1. The standard InChI is InChI=1S/C13H18N2O4/c1-2-14-6-7-19-10(8-14)9-15-11(13(17)18)4-3-5-12(15)16/h3-5,10H,2,6-9H2,1H3,(H,17,18). The zero-order chi connectivity index (χ0) is 13.8. The summed E-state index contributed by atoms with van der Waals surface area (Å²) in [5.41, 5.74) is -0.304. The molecule has 0 spiro atoms. The molecular weight excluding hydrogens is 248 g/mol. The van der Waals surface area contributed by atoms with E-state index < -0.39 is 5.97 Å². The van der Waals surface area contributed by atoms with E-state index in [1.54, 1.807) is 0 Å². The van der Waals surface area contributed by atoms with E-state index in [0.717, 1.165) is 19.6 Å². The van der Waals surface area contributed by atoms with Gasteiger partial charge in [-0.3, -0.25) is 14.3 Å². The molecule has 0 saturated carbocycles. The van der Waals surface area contributed by atoms with Crippen LogP contribution in [-0.2, 0) is 11.3 Å². The molecule has 1 aliphatic rings. The first-order chi connectivity index (χ1) is 9.11. The lowest BCUT2D eigenvalue weighted by atomic mass is 10.2. The van der Waals surface area contributed by atoms with E-state index in [9.17, 15) is 9.59 Å². The second kappa shape index (κ2) is 5.99. The van der Waals surface area contributed by atoms with Crippen LogP contribution in [0.3, 0.4) is 0 Å². The summed E-state index contributed by atoms with van der Waals surface area (Å²) in [6.07, 6.45) is -0.146. The van der Waals surface area contributed by atoms with E-state index >= 15 is 0 Å². The number of carbonyl (C=O) groups is 1. The maximum Gasteiger partial charge on any atom is 0.352 e. The molecule has 0 bridgehead atoms. The van der Waals surface area contributed by atoms with E-state index in [4.69, 9.17) is 9.84 Å². The number of pyridine rings is 1. The SMILES string of the molecule is CCN1CCOC(Cn2c(C(=O)O)cccc2=O)C1. The normalized spacial score (nSPS) is 20.4. The molecule has 6 heteroatoms. The van der Waals surface area contributed by atoms with Crippen molar-refractivity contribution < 1.29 is 14.6 Å². The van der Waals surface area contributed by atoms with Crippen LogP contribution >= 0.6 is 0 Å². The number of aromatic carboxylic acids is 1. The van der Waals surface area contributed by atoms with Crippen molar-refractivity contribution in [3.05, 3.63) is 34.2 Å². The van der Waals surface area contributed by atoms with Crippen LogP contribution in [0.4, 0.5) is 0 Å². The Hall–Kier alpha value is -1.66. The lowest BCUT2D eigenvalue weighted by Crippen LogP contribution is -2.45. The molecule has 1 saturated heterocycles. The van der Waals surface area contributed by atoms with Crippen LogP contribution in [0.5, 0.6) is 0 Å². The highest BCUT2D eigenvalue weighted by molar-refractivity contribution is 5.85. The molecule has 0 amide bonds. The zero-order valence-electron chi connectivity index (χ0n) is 10.9. The number of likely N-dealkylation sites (N-methyl/N-ethyl adjacent to an activating group) is 1. The number of rotatable bonds is 4. The predicted molar refractivity (Wildman–Crippen MR) is 69.5 cm³/mol. The molecule has 1 atom stereocenters. The highest BCUT2D eigenvalue weighted by Crippen LogP contribution is 2.08. The van der Waals surface area contributed by atoms with Crippen LogP contribution in [0.1, 0.15) is 17.4 Å². The Balaban J connectivity index is 2.19. The maximum atomic E-state index is 11.8. The summed E-state index contributed by atoms with van der Waals surface area (Å²) in [6, 6.07) is 4.26. The Morgan fingerprint density at radius 1 is 1.53 bits per heavy atom. The molecule has 1 aromatic rings. The molecule has 1 unspecified atom stereocenters. The van der Waals surface area contributed by atoms with Gasteiger partial charge in [0.15, 0.2) is 0 Å². The molecule has 104 valence electrons. The maximum absolute atomic E-state index is 11.8. The van der Waals surface area contributed by atoms with Gasteiger partial charge >= 0.3 is 5.97 Å². The Morgan fingerprint density at radius 2 is 2.32 bits per heavy atom. The fraction of sp³-hybridized carbons (Fsp3) is 0.538. The van der Waals surface area contributed by atoms with E-state index in [-0.39, 0.29) is 23.9 Å². The number of morpholine rings is 1. The third kappa shape index (κ3) is 3.21. The average molecular weight is 266 g/mol. The third-order valence-electron chi connectivity index (χ3n) is 3.33. The monoisotopic (exact) mass is 266 g/mol. The van der Waals surface area contributed by atoms with Gasteiger partial charge in [0.25, 0.3) is 5.56 Å². The Kier molecular flexibility index (Phi) is 4.34. The van der Waals surface area contributed by atoms with Crippen molar-refractivity contribution in [1.82, 2.24) is 9.47 Å². The number of hydrogen-bond acceptors (Lipinski definition) is 4. The van der Waals surface area contributed by atoms with Crippen molar-refractivity contribution in [1.29, 1.82) is 0 Å². The molecule has 1 aliphatic heterocycles. The second-order valence-corrected chi connectivity index (χ2v) is 4.55.